The number of H-pyrrole nitrogens is 1. The van der Waals surface area contributed by atoms with Crippen LogP contribution in [0.4, 0.5) is 4.39 Å². The number of benzene rings is 2. The lowest BCUT2D eigenvalue weighted by molar-refractivity contribution is -0.0882. The molecule has 1 saturated heterocycles. The van der Waals surface area contributed by atoms with Gasteiger partial charge in [0.1, 0.15) is 17.2 Å². The molecule has 6 nitrogen and oxygen atoms in total. The molecule has 3 heterocycles. The van der Waals surface area contributed by atoms with Crippen molar-refractivity contribution in [3.05, 3.63) is 66.4 Å². The maximum atomic E-state index is 13.4. The Hall–Kier alpha value is -3.03. The fourth-order valence-corrected chi connectivity index (χ4v) is 4.05. The number of rotatable bonds is 4. The average Bonchev–Trinajstić information content (AvgIpc) is 3.34. The van der Waals surface area contributed by atoms with Gasteiger partial charge in [-0.15, -0.1) is 0 Å². The van der Waals surface area contributed by atoms with E-state index in [1.54, 1.807) is 12.4 Å². The zero-order valence-electron chi connectivity index (χ0n) is 17.1. The molecule has 2 aromatic carbocycles. The number of halogens is 1. The molecule has 0 saturated carbocycles. The maximum Gasteiger partial charge on any atom is 0.125 e. The summed E-state index contributed by atoms with van der Waals surface area (Å²) in [5, 5.41) is 8.05. The molecule has 1 fully saturated rings. The van der Waals surface area contributed by atoms with Crippen molar-refractivity contribution in [2.45, 2.75) is 26.0 Å². The second-order valence-corrected chi connectivity index (χ2v) is 8.41. The summed E-state index contributed by atoms with van der Waals surface area (Å²) in [6.45, 7) is 7.85. The van der Waals surface area contributed by atoms with Gasteiger partial charge in [0, 0.05) is 36.9 Å². The van der Waals surface area contributed by atoms with Crippen LogP contribution in [-0.4, -0.2) is 49.9 Å². The minimum absolute atomic E-state index is 0.0897. The third-order valence-corrected chi connectivity index (χ3v) is 5.50. The molecule has 30 heavy (non-hydrogen) atoms. The molecule has 0 radical (unpaired) electrons. The quantitative estimate of drug-likeness (QED) is 0.554. The van der Waals surface area contributed by atoms with Crippen molar-refractivity contribution >= 4 is 10.9 Å². The van der Waals surface area contributed by atoms with E-state index in [0.717, 1.165) is 48.7 Å². The number of hydrogen-bond acceptors (Lipinski definition) is 4. The second kappa shape index (κ2) is 7.34. The Kier molecular flexibility index (Phi) is 4.64. The summed E-state index contributed by atoms with van der Waals surface area (Å²) in [7, 11) is 0. The molecular weight excluding hydrogens is 381 g/mol. The summed E-state index contributed by atoms with van der Waals surface area (Å²) < 4.78 is 21.2. The molecule has 154 valence electrons. The number of imidazole rings is 1. The first kappa shape index (κ1) is 19.0. The molecule has 1 aliphatic rings. The van der Waals surface area contributed by atoms with E-state index in [1.165, 1.54) is 17.7 Å². The predicted octanol–water partition coefficient (Wildman–Crippen LogP) is 4.17. The lowest BCUT2D eigenvalue weighted by Crippen LogP contribution is -2.47. The number of hydrogen-bond donors (Lipinski definition) is 1. The Morgan fingerprint density at radius 3 is 2.80 bits per heavy atom. The highest BCUT2D eigenvalue weighted by molar-refractivity contribution is 5.91. The van der Waals surface area contributed by atoms with E-state index >= 15 is 0 Å². The van der Waals surface area contributed by atoms with E-state index < -0.39 is 0 Å². The van der Waals surface area contributed by atoms with Crippen LogP contribution in [0.15, 0.2) is 55.0 Å². The minimum atomic E-state index is -0.288. The summed E-state index contributed by atoms with van der Waals surface area (Å²) in [5.74, 6) is -0.288. The van der Waals surface area contributed by atoms with Crippen molar-refractivity contribution in [1.29, 1.82) is 0 Å². The molecule has 2 aromatic heterocycles. The largest absolute Gasteiger partial charge is 0.373 e. The van der Waals surface area contributed by atoms with E-state index in [2.05, 4.69) is 58.2 Å². The zero-order valence-corrected chi connectivity index (χ0v) is 17.1. The predicted molar refractivity (Wildman–Crippen MR) is 114 cm³/mol. The minimum Gasteiger partial charge on any atom is -0.373 e. The fourth-order valence-electron chi connectivity index (χ4n) is 4.05. The molecule has 1 aliphatic heterocycles. The lowest BCUT2D eigenvalue weighted by Gasteiger charge is -2.38. The van der Waals surface area contributed by atoms with E-state index in [4.69, 9.17) is 4.74 Å². The number of fused-ring (bicyclic) bond motifs is 1. The van der Waals surface area contributed by atoms with Crippen molar-refractivity contribution in [1.82, 2.24) is 24.6 Å². The van der Waals surface area contributed by atoms with Crippen LogP contribution in [-0.2, 0) is 11.3 Å². The summed E-state index contributed by atoms with van der Waals surface area (Å²) in [6, 6.07) is 13.1. The molecule has 0 bridgehead atoms. The number of aromatic nitrogens is 4. The van der Waals surface area contributed by atoms with Gasteiger partial charge in [0.15, 0.2) is 0 Å². The van der Waals surface area contributed by atoms with Crippen LogP contribution in [0.1, 0.15) is 19.4 Å². The topological polar surface area (TPSA) is 59.0 Å². The summed E-state index contributed by atoms with van der Waals surface area (Å²) in [4.78, 5) is 6.93. The van der Waals surface area contributed by atoms with E-state index in [-0.39, 0.29) is 11.4 Å². The van der Waals surface area contributed by atoms with Gasteiger partial charge in [-0.25, -0.2) is 9.37 Å². The first-order valence-corrected chi connectivity index (χ1v) is 10.1. The van der Waals surface area contributed by atoms with Gasteiger partial charge in [-0.2, -0.15) is 5.10 Å². The van der Waals surface area contributed by atoms with Crippen molar-refractivity contribution in [2.75, 3.05) is 19.7 Å². The van der Waals surface area contributed by atoms with E-state index in [0.29, 0.717) is 5.52 Å². The molecule has 5 rings (SSSR count). The Balaban J connectivity index is 1.34. The fraction of sp³-hybridized carbons (Fsp3) is 0.304. The number of nitrogens with zero attached hydrogens (tertiary/aromatic N) is 4. The number of nitrogens with one attached hydrogen (secondary N) is 1. The number of morpholine rings is 1. The van der Waals surface area contributed by atoms with Gasteiger partial charge in [0.2, 0.25) is 0 Å². The van der Waals surface area contributed by atoms with Crippen LogP contribution < -0.4 is 0 Å². The van der Waals surface area contributed by atoms with Crippen molar-refractivity contribution in [3.63, 3.8) is 0 Å². The van der Waals surface area contributed by atoms with Gasteiger partial charge in [0.25, 0.3) is 0 Å². The highest BCUT2D eigenvalue weighted by atomic mass is 19.1. The van der Waals surface area contributed by atoms with Crippen LogP contribution in [0.3, 0.4) is 0 Å². The summed E-state index contributed by atoms with van der Waals surface area (Å²) >= 11 is 0. The monoisotopic (exact) mass is 405 g/mol. The van der Waals surface area contributed by atoms with E-state index in [9.17, 15) is 4.39 Å². The van der Waals surface area contributed by atoms with Crippen LogP contribution in [0.5, 0.6) is 0 Å². The molecule has 7 heteroatoms. The third-order valence-electron chi connectivity index (χ3n) is 5.50. The summed E-state index contributed by atoms with van der Waals surface area (Å²) in [5.41, 5.74) is 4.34. The van der Waals surface area contributed by atoms with Crippen LogP contribution in [0.2, 0.25) is 0 Å². The van der Waals surface area contributed by atoms with E-state index in [1.807, 2.05) is 10.8 Å². The van der Waals surface area contributed by atoms with Crippen molar-refractivity contribution in [2.24, 2.45) is 0 Å². The zero-order chi connectivity index (χ0) is 20.7. The number of ether oxygens (including phenoxy) is 1. The number of aromatic amines is 1. The van der Waals surface area contributed by atoms with Gasteiger partial charge < -0.3 is 9.30 Å². The normalized spacial score (nSPS) is 16.9. The first-order valence-electron chi connectivity index (χ1n) is 10.1. The molecule has 0 atom stereocenters. The van der Waals surface area contributed by atoms with Gasteiger partial charge in [-0.1, -0.05) is 12.1 Å². The van der Waals surface area contributed by atoms with Crippen LogP contribution in [0, 0.1) is 5.82 Å². The molecule has 0 spiro atoms. The molecule has 0 unspecified atom stereocenters. The SMILES string of the molecule is CC1(C)CN(Cc2ccc(-n3cnc(-c4n[nH]c5cc(F)ccc45)c3)cc2)CCO1. The smallest absolute Gasteiger partial charge is 0.125 e. The lowest BCUT2D eigenvalue weighted by atomic mass is 10.1. The summed E-state index contributed by atoms with van der Waals surface area (Å²) in [6.07, 6.45) is 3.72. The first-order chi connectivity index (χ1) is 14.5. The van der Waals surface area contributed by atoms with Crippen LogP contribution in [0.25, 0.3) is 28.0 Å². The Bertz CT molecular complexity index is 1180. The Labute approximate surface area is 174 Å². The molecule has 0 amide bonds. The average molecular weight is 405 g/mol. The van der Waals surface area contributed by atoms with Gasteiger partial charge in [-0.05, 0) is 49.7 Å². The molecule has 0 aliphatic carbocycles. The third kappa shape index (κ3) is 3.74. The Morgan fingerprint density at radius 2 is 2.00 bits per heavy atom. The van der Waals surface area contributed by atoms with Crippen molar-refractivity contribution in [3.8, 4) is 17.1 Å². The second-order valence-electron chi connectivity index (χ2n) is 8.41. The molecule has 4 aromatic rings. The highest BCUT2D eigenvalue weighted by Crippen LogP contribution is 2.26. The van der Waals surface area contributed by atoms with Gasteiger partial charge >= 0.3 is 0 Å². The standard InChI is InChI=1S/C23H24FN5O/c1-23(2)14-28(9-10-30-23)12-16-3-6-18(7-4-16)29-13-21(25-15-29)22-19-8-5-17(24)11-20(19)26-27-22/h3-8,11,13,15H,9-10,12,14H2,1-2H3,(H,26,27). The van der Waals surface area contributed by atoms with Gasteiger partial charge in [-0.3, -0.25) is 10.00 Å². The van der Waals surface area contributed by atoms with Crippen LogP contribution >= 0.6 is 0 Å². The molecule has 1 N–H and O–H groups in total. The van der Waals surface area contributed by atoms with Crippen molar-refractivity contribution < 1.29 is 9.13 Å². The highest BCUT2D eigenvalue weighted by Gasteiger charge is 2.26. The van der Waals surface area contributed by atoms with Gasteiger partial charge in [0.05, 0.1) is 24.1 Å². The molecular formula is C23H24FN5O. The maximum absolute atomic E-state index is 13.4. The Morgan fingerprint density at radius 1 is 1.17 bits per heavy atom.